The second-order valence-corrected chi connectivity index (χ2v) is 4.67. The van der Waals surface area contributed by atoms with Crippen LogP contribution in [0.15, 0.2) is 30.3 Å². The summed E-state index contributed by atoms with van der Waals surface area (Å²) in [6.07, 6.45) is 0.988. The molecule has 2 aromatic rings. The number of aromatic hydroxyl groups is 2. The van der Waals surface area contributed by atoms with E-state index in [1.54, 1.807) is 12.1 Å². The van der Waals surface area contributed by atoms with Crippen LogP contribution >= 0.6 is 0 Å². The smallest absolute Gasteiger partial charge is 0.158 e. The van der Waals surface area contributed by atoms with Crippen LogP contribution in [0.2, 0.25) is 0 Å². The van der Waals surface area contributed by atoms with Gasteiger partial charge >= 0.3 is 0 Å². The first-order valence-electron chi connectivity index (χ1n) is 6.23. The highest BCUT2D eigenvalue weighted by atomic mass is 16.3. The van der Waals surface area contributed by atoms with Crippen LogP contribution in [0.25, 0.3) is 10.8 Å². The normalized spacial score (nSPS) is 11.3. The van der Waals surface area contributed by atoms with Crippen LogP contribution in [0.4, 0.5) is 0 Å². The maximum atomic E-state index is 9.51. The molecule has 0 saturated heterocycles. The molecule has 0 aromatic heterocycles. The van der Waals surface area contributed by atoms with Crippen molar-refractivity contribution in [2.45, 2.75) is 13.3 Å². The van der Waals surface area contributed by atoms with Gasteiger partial charge in [0.05, 0.1) is 0 Å². The molecule has 0 fully saturated rings. The minimum Gasteiger partial charge on any atom is -0.504 e. The summed E-state index contributed by atoms with van der Waals surface area (Å²) in [5, 5.41) is 20.8. The molecule has 0 saturated carbocycles. The molecule has 3 heteroatoms. The van der Waals surface area contributed by atoms with Crippen LogP contribution in [-0.2, 0) is 6.42 Å². The van der Waals surface area contributed by atoms with Gasteiger partial charge in [-0.3, -0.25) is 0 Å². The van der Waals surface area contributed by atoms with Crippen LogP contribution in [0, 0.1) is 0 Å². The standard InChI is InChI=1S/C15H19NO2/c1-3-16(2)7-6-11-4-5-12-9-14(17)15(18)10-13(12)8-11/h4-5,8-10,17-18H,3,6-7H2,1-2H3. The molecule has 0 radical (unpaired) electrons. The molecule has 0 spiro atoms. The van der Waals surface area contributed by atoms with Crippen molar-refractivity contribution in [3.8, 4) is 11.5 Å². The lowest BCUT2D eigenvalue weighted by molar-refractivity contribution is 0.357. The van der Waals surface area contributed by atoms with E-state index >= 15 is 0 Å². The number of hydrogen-bond donors (Lipinski definition) is 2. The zero-order valence-electron chi connectivity index (χ0n) is 10.8. The summed E-state index contributed by atoms with van der Waals surface area (Å²) >= 11 is 0. The van der Waals surface area contributed by atoms with Gasteiger partial charge in [-0.2, -0.15) is 0 Å². The molecule has 0 atom stereocenters. The van der Waals surface area contributed by atoms with Gasteiger partial charge in [-0.1, -0.05) is 25.1 Å². The number of fused-ring (bicyclic) bond motifs is 1. The minimum absolute atomic E-state index is 0.0645. The summed E-state index contributed by atoms with van der Waals surface area (Å²) < 4.78 is 0. The number of rotatable bonds is 4. The molecule has 0 unspecified atom stereocenters. The highest BCUT2D eigenvalue weighted by Gasteiger charge is 2.04. The fourth-order valence-corrected chi connectivity index (χ4v) is 1.96. The summed E-state index contributed by atoms with van der Waals surface area (Å²) in [5.74, 6) is -0.133. The molecule has 0 heterocycles. The Kier molecular flexibility index (Phi) is 3.72. The molecular formula is C15H19NO2. The van der Waals surface area contributed by atoms with E-state index in [2.05, 4.69) is 31.0 Å². The third-order valence-electron chi connectivity index (χ3n) is 3.32. The molecule has 3 nitrogen and oxygen atoms in total. The van der Waals surface area contributed by atoms with Crippen LogP contribution in [0.3, 0.4) is 0 Å². The fraction of sp³-hybridized carbons (Fsp3) is 0.333. The monoisotopic (exact) mass is 245 g/mol. The molecular weight excluding hydrogens is 226 g/mol. The van der Waals surface area contributed by atoms with Gasteiger partial charge in [-0.05, 0) is 48.5 Å². The van der Waals surface area contributed by atoms with Gasteiger partial charge in [-0.25, -0.2) is 0 Å². The summed E-state index contributed by atoms with van der Waals surface area (Å²) in [6.45, 7) is 4.20. The molecule has 18 heavy (non-hydrogen) atoms. The molecule has 0 aliphatic carbocycles. The maximum absolute atomic E-state index is 9.51. The van der Waals surface area contributed by atoms with Crippen molar-refractivity contribution in [3.63, 3.8) is 0 Å². The predicted molar refractivity (Wildman–Crippen MR) is 74.2 cm³/mol. The first-order chi connectivity index (χ1) is 8.60. The van der Waals surface area contributed by atoms with Gasteiger partial charge in [-0.15, -0.1) is 0 Å². The number of likely N-dealkylation sites (N-methyl/N-ethyl adjacent to an activating group) is 1. The lowest BCUT2D eigenvalue weighted by Crippen LogP contribution is -2.20. The largest absolute Gasteiger partial charge is 0.504 e. The predicted octanol–water partition coefficient (Wildman–Crippen LogP) is 2.75. The Labute approximate surface area is 107 Å². The number of nitrogens with zero attached hydrogens (tertiary/aromatic N) is 1. The van der Waals surface area contributed by atoms with Crippen molar-refractivity contribution in [2.75, 3.05) is 20.1 Å². The average Bonchev–Trinajstić information content (AvgIpc) is 2.37. The van der Waals surface area contributed by atoms with E-state index in [9.17, 15) is 10.2 Å². The fourth-order valence-electron chi connectivity index (χ4n) is 1.96. The Hall–Kier alpha value is -1.74. The number of phenols is 2. The molecule has 96 valence electrons. The average molecular weight is 245 g/mol. The molecule has 0 bridgehead atoms. The van der Waals surface area contributed by atoms with E-state index in [0.29, 0.717) is 0 Å². The van der Waals surface area contributed by atoms with Gasteiger partial charge < -0.3 is 15.1 Å². The number of benzene rings is 2. The third kappa shape index (κ3) is 2.74. The van der Waals surface area contributed by atoms with Crippen LogP contribution in [0.5, 0.6) is 11.5 Å². The lowest BCUT2D eigenvalue weighted by Gasteiger charge is -2.13. The minimum atomic E-state index is -0.0685. The van der Waals surface area contributed by atoms with E-state index in [0.717, 1.165) is 30.3 Å². The number of phenolic OH excluding ortho intramolecular Hbond substituents is 2. The van der Waals surface area contributed by atoms with Crippen molar-refractivity contribution in [1.82, 2.24) is 4.90 Å². The van der Waals surface area contributed by atoms with Crippen LogP contribution in [-0.4, -0.2) is 35.3 Å². The maximum Gasteiger partial charge on any atom is 0.158 e. The first kappa shape index (κ1) is 12.7. The molecule has 0 amide bonds. The van der Waals surface area contributed by atoms with Gasteiger partial charge in [0.15, 0.2) is 11.5 Å². The van der Waals surface area contributed by atoms with E-state index in [-0.39, 0.29) is 11.5 Å². The number of hydrogen-bond acceptors (Lipinski definition) is 3. The summed E-state index contributed by atoms with van der Waals surface area (Å²) in [6, 6.07) is 9.32. The second-order valence-electron chi connectivity index (χ2n) is 4.67. The zero-order chi connectivity index (χ0) is 13.1. The summed E-state index contributed by atoms with van der Waals surface area (Å²) in [4.78, 5) is 2.26. The quantitative estimate of drug-likeness (QED) is 0.814. The Bertz CT molecular complexity index is 551. The zero-order valence-corrected chi connectivity index (χ0v) is 10.8. The molecule has 2 aromatic carbocycles. The third-order valence-corrected chi connectivity index (χ3v) is 3.32. The molecule has 2 rings (SSSR count). The van der Waals surface area contributed by atoms with Crippen molar-refractivity contribution >= 4 is 10.8 Å². The first-order valence-corrected chi connectivity index (χ1v) is 6.23. The lowest BCUT2D eigenvalue weighted by atomic mass is 10.0. The van der Waals surface area contributed by atoms with Gasteiger partial charge in [0.1, 0.15) is 0 Å². The Morgan fingerprint density at radius 1 is 1.00 bits per heavy atom. The van der Waals surface area contributed by atoms with Crippen molar-refractivity contribution in [3.05, 3.63) is 35.9 Å². The van der Waals surface area contributed by atoms with Crippen LogP contribution in [0.1, 0.15) is 12.5 Å². The van der Waals surface area contributed by atoms with Crippen LogP contribution < -0.4 is 0 Å². The summed E-state index contributed by atoms with van der Waals surface area (Å²) in [7, 11) is 2.10. The highest BCUT2D eigenvalue weighted by molar-refractivity contribution is 5.86. The van der Waals surface area contributed by atoms with Gasteiger partial charge in [0, 0.05) is 6.54 Å². The second kappa shape index (κ2) is 5.27. The Balaban J connectivity index is 2.24. The topological polar surface area (TPSA) is 43.7 Å². The van der Waals surface area contributed by atoms with Gasteiger partial charge in [0.25, 0.3) is 0 Å². The van der Waals surface area contributed by atoms with E-state index in [1.807, 2.05) is 6.07 Å². The Morgan fingerprint density at radius 3 is 2.33 bits per heavy atom. The van der Waals surface area contributed by atoms with Gasteiger partial charge in [0.2, 0.25) is 0 Å². The Morgan fingerprint density at radius 2 is 1.67 bits per heavy atom. The van der Waals surface area contributed by atoms with Crippen molar-refractivity contribution in [2.24, 2.45) is 0 Å². The summed E-state index contributed by atoms with van der Waals surface area (Å²) in [5.41, 5.74) is 1.24. The molecule has 0 aliphatic heterocycles. The molecule has 0 aliphatic rings. The SMILES string of the molecule is CCN(C)CCc1ccc2cc(O)c(O)cc2c1. The highest BCUT2D eigenvalue weighted by Crippen LogP contribution is 2.30. The van der Waals surface area contributed by atoms with E-state index in [4.69, 9.17) is 0 Å². The molecule has 2 N–H and O–H groups in total. The van der Waals surface area contributed by atoms with E-state index < -0.39 is 0 Å². The van der Waals surface area contributed by atoms with Crippen molar-refractivity contribution in [1.29, 1.82) is 0 Å². The van der Waals surface area contributed by atoms with Crippen molar-refractivity contribution < 1.29 is 10.2 Å². The van der Waals surface area contributed by atoms with E-state index in [1.165, 1.54) is 5.56 Å².